The predicted octanol–water partition coefficient (Wildman–Crippen LogP) is 2.05. The Morgan fingerprint density at radius 3 is 2.06 bits per heavy atom. The van der Waals surface area contributed by atoms with Gasteiger partial charge >= 0.3 is 0 Å². The summed E-state index contributed by atoms with van der Waals surface area (Å²) >= 11 is 3.07. The quantitative estimate of drug-likeness (QED) is 0.846. The van der Waals surface area contributed by atoms with Crippen LogP contribution in [0.25, 0.3) is 0 Å². The van der Waals surface area contributed by atoms with Crippen LogP contribution in [0.5, 0.6) is 17.2 Å². The number of amides is 1. The van der Waals surface area contributed by atoms with Crippen LogP contribution in [0.2, 0.25) is 0 Å². The zero-order valence-corrected chi connectivity index (χ0v) is 11.5. The van der Waals surface area contributed by atoms with E-state index in [0.717, 1.165) is 0 Å². The molecule has 0 radical (unpaired) electrons. The van der Waals surface area contributed by atoms with Crippen molar-refractivity contribution in [2.75, 3.05) is 32.0 Å². The van der Waals surface area contributed by atoms with Gasteiger partial charge in [-0.1, -0.05) is 15.9 Å². The van der Waals surface area contributed by atoms with Crippen LogP contribution in [-0.2, 0) is 4.79 Å². The average Bonchev–Trinajstić information content (AvgIpc) is 2.37. The summed E-state index contributed by atoms with van der Waals surface area (Å²) in [6, 6.07) is 3.34. The number of benzene rings is 1. The van der Waals surface area contributed by atoms with Gasteiger partial charge < -0.3 is 19.5 Å². The van der Waals surface area contributed by atoms with Crippen molar-refractivity contribution in [1.82, 2.24) is 0 Å². The Labute approximate surface area is 108 Å². The molecule has 0 atom stereocenters. The van der Waals surface area contributed by atoms with Crippen LogP contribution < -0.4 is 19.5 Å². The Morgan fingerprint density at radius 2 is 1.71 bits per heavy atom. The monoisotopic (exact) mass is 303 g/mol. The van der Waals surface area contributed by atoms with Gasteiger partial charge in [-0.2, -0.15) is 0 Å². The van der Waals surface area contributed by atoms with E-state index in [2.05, 4.69) is 21.2 Å². The highest BCUT2D eigenvalue weighted by atomic mass is 79.9. The van der Waals surface area contributed by atoms with E-state index in [0.29, 0.717) is 22.9 Å². The lowest BCUT2D eigenvalue weighted by atomic mass is 10.2. The van der Waals surface area contributed by atoms with Gasteiger partial charge in [0.15, 0.2) is 11.5 Å². The second kappa shape index (κ2) is 6.34. The lowest BCUT2D eigenvalue weighted by Crippen LogP contribution is -2.12. The van der Waals surface area contributed by atoms with Crippen molar-refractivity contribution in [2.45, 2.75) is 0 Å². The molecule has 1 N–H and O–H groups in total. The molecule has 0 saturated carbocycles. The van der Waals surface area contributed by atoms with Crippen LogP contribution in [0.1, 0.15) is 0 Å². The minimum atomic E-state index is -0.153. The topological polar surface area (TPSA) is 56.8 Å². The van der Waals surface area contributed by atoms with Gasteiger partial charge in [0, 0.05) is 17.8 Å². The minimum Gasteiger partial charge on any atom is -0.493 e. The van der Waals surface area contributed by atoms with Crippen LogP contribution in [-0.4, -0.2) is 32.6 Å². The molecule has 0 aliphatic carbocycles. The first-order valence-electron chi connectivity index (χ1n) is 4.82. The number of carbonyl (C=O) groups is 1. The molecule has 0 bridgehead atoms. The predicted molar refractivity (Wildman–Crippen MR) is 68.5 cm³/mol. The lowest BCUT2D eigenvalue weighted by Gasteiger charge is -2.14. The van der Waals surface area contributed by atoms with Gasteiger partial charge in [0.05, 0.1) is 26.7 Å². The smallest absolute Gasteiger partial charge is 0.235 e. The molecule has 6 heteroatoms. The number of carbonyl (C=O) groups excluding carboxylic acids is 1. The molecule has 0 spiro atoms. The Hall–Kier alpha value is -1.43. The van der Waals surface area contributed by atoms with E-state index in [9.17, 15) is 4.79 Å². The number of halogens is 1. The third kappa shape index (κ3) is 3.26. The number of hydrogen-bond donors (Lipinski definition) is 1. The van der Waals surface area contributed by atoms with Crippen molar-refractivity contribution in [1.29, 1.82) is 0 Å². The molecule has 0 aromatic heterocycles. The lowest BCUT2D eigenvalue weighted by molar-refractivity contribution is -0.113. The first kappa shape index (κ1) is 13.6. The number of ether oxygens (including phenoxy) is 3. The van der Waals surface area contributed by atoms with E-state index in [1.54, 1.807) is 12.1 Å². The molecule has 1 aromatic carbocycles. The molecule has 1 aromatic rings. The summed E-state index contributed by atoms with van der Waals surface area (Å²) in [6.45, 7) is 0. The Bertz CT molecular complexity index is 383. The van der Waals surface area contributed by atoms with Crippen LogP contribution in [0.4, 0.5) is 5.69 Å². The number of hydrogen-bond acceptors (Lipinski definition) is 4. The summed E-state index contributed by atoms with van der Waals surface area (Å²) in [5, 5.41) is 2.92. The number of nitrogens with one attached hydrogen (secondary N) is 1. The summed E-state index contributed by atoms with van der Waals surface area (Å²) in [5.74, 6) is 1.33. The fourth-order valence-corrected chi connectivity index (χ4v) is 1.49. The molecular formula is C11H14BrNO4. The van der Waals surface area contributed by atoms with E-state index >= 15 is 0 Å². The highest BCUT2D eigenvalue weighted by Gasteiger charge is 2.13. The fraction of sp³-hybridized carbons (Fsp3) is 0.364. The van der Waals surface area contributed by atoms with Crippen molar-refractivity contribution in [3.8, 4) is 17.2 Å². The van der Waals surface area contributed by atoms with Crippen LogP contribution in [0.3, 0.4) is 0 Å². The van der Waals surface area contributed by atoms with Gasteiger partial charge in [-0.25, -0.2) is 0 Å². The highest BCUT2D eigenvalue weighted by molar-refractivity contribution is 9.09. The molecule has 0 heterocycles. The van der Waals surface area contributed by atoms with Crippen molar-refractivity contribution in [3.05, 3.63) is 12.1 Å². The normalized spacial score (nSPS) is 9.65. The van der Waals surface area contributed by atoms with E-state index < -0.39 is 0 Å². The third-order valence-corrected chi connectivity index (χ3v) is 2.58. The maximum Gasteiger partial charge on any atom is 0.235 e. The molecule has 0 fully saturated rings. The molecule has 0 saturated heterocycles. The minimum absolute atomic E-state index is 0.153. The molecule has 0 aliphatic rings. The molecule has 0 unspecified atom stereocenters. The van der Waals surface area contributed by atoms with Gasteiger partial charge in [0.25, 0.3) is 0 Å². The highest BCUT2D eigenvalue weighted by Crippen LogP contribution is 2.39. The summed E-state index contributed by atoms with van der Waals surface area (Å²) < 4.78 is 15.5. The number of methoxy groups -OCH3 is 3. The van der Waals surface area contributed by atoms with Crippen molar-refractivity contribution < 1.29 is 19.0 Å². The van der Waals surface area contributed by atoms with Crippen LogP contribution in [0, 0.1) is 0 Å². The Morgan fingerprint density at radius 1 is 1.18 bits per heavy atom. The Balaban J connectivity index is 3.13. The van der Waals surface area contributed by atoms with Crippen molar-refractivity contribution in [3.63, 3.8) is 0 Å². The van der Waals surface area contributed by atoms with Gasteiger partial charge in [0.1, 0.15) is 0 Å². The first-order chi connectivity index (χ1) is 8.15. The SMILES string of the molecule is COc1cc(NC(=O)CBr)cc(OC)c1OC. The van der Waals surface area contributed by atoms with E-state index in [4.69, 9.17) is 14.2 Å². The maximum atomic E-state index is 11.3. The molecule has 94 valence electrons. The summed E-state index contributed by atoms with van der Waals surface area (Å²) in [7, 11) is 4.57. The molecule has 5 nitrogen and oxygen atoms in total. The van der Waals surface area contributed by atoms with Crippen molar-refractivity contribution >= 4 is 27.5 Å². The van der Waals surface area contributed by atoms with Gasteiger partial charge in [-0.3, -0.25) is 4.79 Å². The zero-order chi connectivity index (χ0) is 12.8. The van der Waals surface area contributed by atoms with Crippen LogP contribution in [0.15, 0.2) is 12.1 Å². The first-order valence-corrected chi connectivity index (χ1v) is 5.94. The fourth-order valence-electron chi connectivity index (χ4n) is 1.35. The van der Waals surface area contributed by atoms with E-state index in [-0.39, 0.29) is 11.2 Å². The summed E-state index contributed by atoms with van der Waals surface area (Å²) in [4.78, 5) is 11.3. The zero-order valence-electron chi connectivity index (χ0n) is 9.87. The molecule has 0 aliphatic heterocycles. The maximum absolute atomic E-state index is 11.3. The molecule has 17 heavy (non-hydrogen) atoms. The molecule has 1 amide bonds. The van der Waals surface area contributed by atoms with Gasteiger partial charge in [0.2, 0.25) is 11.7 Å². The van der Waals surface area contributed by atoms with Crippen molar-refractivity contribution in [2.24, 2.45) is 0 Å². The Kier molecular flexibility index (Phi) is 5.09. The van der Waals surface area contributed by atoms with E-state index in [1.807, 2.05) is 0 Å². The summed E-state index contributed by atoms with van der Waals surface area (Å²) in [5.41, 5.74) is 0.587. The summed E-state index contributed by atoms with van der Waals surface area (Å²) in [6.07, 6.45) is 0. The molecule has 1 rings (SSSR count). The average molecular weight is 304 g/mol. The number of alkyl halides is 1. The standard InChI is InChI=1S/C11H14BrNO4/c1-15-8-4-7(13-10(14)6-12)5-9(16-2)11(8)17-3/h4-5H,6H2,1-3H3,(H,13,14). The van der Waals surface area contributed by atoms with Gasteiger partial charge in [-0.05, 0) is 0 Å². The van der Waals surface area contributed by atoms with Gasteiger partial charge in [-0.15, -0.1) is 0 Å². The number of rotatable bonds is 5. The second-order valence-corrected chi connectivity index (χ2v) is 3.66. The largest absolute Gasteiger partial charge is 0.493 e. The van der Waals surface area contributed by atoms with E-state index in [1.165, 1.54) is 21.3 Å². The second-order valence-electron chi connectivity index (χ2n) is 3.10. The number of anilines is 1. The van der Waals surface area contributed by atoms with Crippen LogP contribution >= 0.6 is 15.9 Å². The molecular weight excluding hydrogens is 290 g/mol. The third-order valence-electron chi connectivity index (χ3n) is 2.07.